The summed E-state index contributed by atoms with van der Waals surface area (Å²) in [6, 6.07) is 13.0. The average molecular weight is 323 g/mol. The smallest absolute Gasteiger partial charge is 0.256 e. The van der Waals surface area contributed by atoms with Crippen LogP contribution < -0.4 is 10.9 Å². The van der Waals surface area contributed by atoms with Crippen molar-refractivity contribution in [2.24, 2.45) is 0 Å². The van der Waals surface area contributed by atoms with Crippen LogP contribution in [0.2, 0.25) is 0 Å². The van der Waals surface area contributed by atoms with Gasteiger partial charge in [0.15, 0.2) is 0 Å². The Bertz CT molecular complexity index is 946. The number of anilines is 1. The van der Waals surface area contributed by atoms with Gasteiger partial charge in [0.25, 0.3) is 5.56 Å². The highest BCUT2D eigenvalue weighted by Crippen LogP contribution is 2.24. The maximum Gasteiger partial charge on any atom is 0.256 e. The fourth-order valence-electron chi connectivity index (χ4n) is 2.97. The van der Waals surface area contributed by atoms with Gasteiger partial charge in [-0.2, -0.15) is 0 Å². The van der Waals surface area contributed by atoms with Crippen LogP contribution in [0.3, 0.4) is 0 Å². The summed E-state index contributed by atoms with van der Waals surface area (Å²) in [7, 11) is 1.93. The van der Waals surface area contributed by atoms with Crippen molar-refractivity contribution in [1.82, 2.24) is 9.88 Å². The quantitative estimate of drug-likeness (QED) is 0.710. The van der Waals surface area contributed by atoms with Gasteiger partial charge in [-0.05, 0) is 49.7 Å². The highest BCUT2D eigenvalue weighted by atomic mass is 16.2. The minimum absolute atomic E-state index is 0.0426. The molecule has 124 valence electrons. The summed E-state index contributed by atoms with van der Waals surface area (Å²) >= 11 is 0. The number of carbonyl (C=O) groups excluding carboxylic acids is 1. The minimum Gasteiger partial charge on any atom is -0.325 e. The third kappa shape index (κ3) is 3.31. The molecule has 24 heavy (non-hydrogen) atoms. The van der Waals surface area contributed by atoms with Crippen molar-refractivity contribution in [3.8, 4) is 0 Å². The molecule has 0 bridgehead atoms. The Kier molecular flexibility index (Phi) is 4.62. The molecule has 0 fully saturated rings. The van der Waals surface area contributed by atoms with Crippen LogP contribution in [-0.2, 0) is 4.79 Å². The lowest BCUT2D eigenvalue weighted by Gasteiger charge is -2.15. The summed E-state index contributed by atoms with van der Waals surface area (Å²) in [5.74, 6) is -0.0426. The molecule has 1 amide bonds. The van der Waals surface area contributed by atoms with Crippen LogP contribution in [0.1, 0.15) is 13.3 Å². The number of benzene rings is 2. The Labute approximate surface area is 140 Å². The van der Waals surface area contributed by atoms with Crippen molar-refractivity contribution in [1.29, 1.82) is 0 Å². The van der Waals surface area contributed by atoms with Crippen LogP contribution in [0, 0.1) is 0 Å². The molecule has 0 spiro atoms. The van der Waals surface area contributed by atoms with Gasteiger partial charge in [0.05, 0.1) is 6.54 Å². The van der Waals surface area contributed by atoms with E-state index in [0.717, 1.165) is 34.9 Å². The van der Waals surface area contributed by atoms with Crippen molar-refractivity contribution in [2.75, 3.05) is 25.5 Å². The van der Waals surface area contributed by atoms with Crippen molar-refractivity contribution in [3.05, 3.63) is 52.8 Å². The number of fused-ring (bicyclic) bond motifs is 3. The molecule has 0 aliphatic rings. The third-order valence-electron chi connectivity index (χ3n) is 4.03. The fourth-order valence-corrected chi connectivity index (χ4v) is 2.97. The summed E-state index contributed by atoms with van der Waals surface area (Å²) in [6.45, 7) is 3.33. The molecule has 1 heterocycles. The zero-order chi connectivity index (χ0) is 17.1. The molecule has 0 saturated heterocycles. The van der Waals surface area contributed by atoms with Gasteiger partial charge in [-0.15, -0.1) is 0 Å². The topological polar surface area (TPSA) is 65.2 Å². The molecule has 0 saturated carbocycles. The van der Waals surface area contributed by atoms with E-state index in [0.29, 0.717) is 11.9 Å². The van der Waals surface area contributed by atoms with E-state index in [1.165, 1.54) is 0 Å². The van der Waals surface area contributed by atoms with E-state index in [2.05, 4.69) is 17.2 Å². The number of aromatic amines is 1. The monoisotopic (exact) mass is 323 g/mol. The maximum absolute atomic E-state index is 12.1. The number of pyridine rings is 1. The molecule has 3 aromatic rings. The van der Waals surface area contributed by atoms with Crippen LogP contribution >= 0.6 is 0 Å². The van der Waals surface area contributed by atoms with Crippen molar-refractivity contribution in [2.45, 2.75) is 13.3 Å². The second-order valence-corrected chi connectivity index (χ2v) is 6.05. The predicted molar refractivity (Wildman–Crippen MR) is 98.5 cm³/mol. The normalized spacial score (nSPS) is 11.3. The third-order valence-corrected chi connectivity index (χ3v) is 4.03. The largest absolute Gasteiger partial charge is 0.325 e. The zero-order valence-electron chi connectivity index (χ0n) is 13.9. The molecule has 0 atom stereocenters. The van der Waals surface area contributed by atoms with Gasteiger partial charge in [0.2, 0.25) is 5.91 Å². The minimum atomic E-state index is -0.101. The standard InChI is InChI=1S/C19H21N3O2/c1-3-10-22(2)12-18(23)20-13-8-9-17-16(11-13)14-6-4-5-7-15(14)19(24)21-17/h4-9,11H,3,10,12H2,1-2H3,(H,20,23)(H,21,24). The predicted octanol–water partition coefficient (Wildman–Crippen LogP) is 2.96. The van der Waals surface area contributed by atoms with Gasteiger partial charge in [-0.1, -0.05) is 25.1 Å². The Morgan fingerprint density at radius 1 is 1.12 bits per heavy atom. The van der Waals surface area contributed by atoms with E-state index in [1.807, 2.05) is 48.3 Å². The molecular weight excluding hydrogens is 302 g/mol. The number of nitrogens with zero attached hydrogens (tertiary/aromatic N) is 1. The molecule has 0 unspecified atom stereocenters. The zero-order valence-corrected chi connectivity index (χ0v) is 13.9. The fraction of sp³-hybridized carbons (Fsp3) is 0.263. The Morgan fingerprint density at radius 3 is 2.62 bits per heavy atom. The lowest BCUT2D eigenvalue weighted by Crippen LogP contribution is -2.30. The van der Waals surface area contributed by atoms with Gasteiger partial charge < -0.3 is 10.3 Å². The molecule has 5 heteroatoms. The van der Waals surface area contributed by atoms with Crippen LogP contribution in [0.15, 0.2) is 47.3 Å². The van der Waals surface area contributed by atoms with E-state index in [-0.39, 0.29) is 11.5 Å². The molecule has 5 nitrogen and oxygen atoms in total. The molecule has 2 N–H and O–H groups in total. The summed E-state index contributed by atoms with van der Waals surface area (Å²) in [5.41, 5.74) is 1.39. The first-order valence-electron chi connectivity index (χ1n) is 8.11. The summed E-state index contributed by atoms with van der Waals surface area (Å²) in [4.78, 5) is 29.1. The van der Waals surface area contributed by atoms with Gasteiger partial charge in [0.1, 0.15) is 0 Å². The van der Waals surface area contributed by atoms with Crippen LogP contribution in [0.5, 0.6) is 0 Å². The number of rotatable bonds is 5. The van der Waals surface area contributed by atoms with Gasteiger partial charge in [-0.3, -0.25) is 14.5 Å². The molecule has 1 aromatic heterocycles. The number of carbonyl (C=O) groups is 1. The number of nitrogens with one attached hydrogen (secondary N) is 2. The first-order chi connectivity index (χ1) is 11.6. The van der Waals surface area contributed by atoms with Gasteiger partial charge in [0, 0.05) is 22.0 Å². The van der Waals surface area contributed by atoms with Crippen LogP contribution in [0.25, 0.3) is 21.7 Å². The van der Waals surface area contributed by atoms with Crippen LogP contribution in [-0.4, -0.2) is 35.9 Å². The molecule has 3 rings (SSSR count). The van der Waals surface area contributed by atoms with Crippen molar-refractivity contribution >= 4 is 33.3 Å². The first-order valence-corrected chi connectivity index (χ1v) is 8.11. The SMILES string of the molecule is CCCN(C)CC(=O)Nc1ccc2[nH]c(=O)c3ccccc3c2c1. The van der Waals surface area contributed by atoms with Crippen molar-refractivity contribution < 1.29 is 4.79 Å². The number of hydrogen-bond donors (Lipinski definition) is 2. The second-order valence-electron chi connectivity index (χ2n) is 6.05. The average Bonchev–Trinajstić information content (AvgIpc) is 2.56. The Balaban J connectivity index is 1.94. The second kappa shape index (κ2) is 6.84. The van der Waals surface area contributed by atoms with E-state index in [1.54, 1.807) is 6.07 Å². The molecular formula is C19H21N3O2. The number of hydrogen-bond acceptors (Lipinski definition) is 3. The van der Waals surface area contributed by atoms with Crippen molar-refractivity contribution in [3.63, 3.8) is 0 Å². The number of aromatic nitrogens is 1. The lowest BCUT2D eigenvalue weighted by atomic mass is 10.1. The number of likely N-dealkylation sites (N-methyl/N-ethyl adjacent to an activating group) is 1. The van der Waals surface area contributed by atoms with E-state index in [9.17, 15) is 9.59 Å². The summed E-state index contributed by atoms with van der Waals surface area (Å²) < 4.78 is 0. The van der Waals surface area contributed by atoms with E-state index >= 15 is 0 Å². The lowest BCUT2D eigenvalue weighted by molar-refractivity contribution is -0.117. The number of amides is 1. The van der Waals surface area contributed by atoms with E-state index < -0.39 is 0 Å². The first kappa shape index (κ1) is 16.2. The summed E-state index contributed by atoms with van der Waals surface area (Å²) in [6.07, 6.45) is 1.01. The maximum atomic E-state index is 12.1. The molecule has 0 aliphatic carbocycles. The molecule has 0 aliphatic heterocycles. The van der Waals surface area contributed by atoms with Crippen LogP contribution in [0.4, 0.5) is 5.69 Å². The Hall–Kier alpha value is -2.66. The Morgan fingerprint density at radius 2 is 1.88 bits per heavy atom. The van der Waals surface area contributed by atoms with E-state index in [4.69, 9.17) is 0 Å². The van der Waals surface area contributed by atoms with Gasteiger partial charge in [-0.25, -0.2) is 0 Å². The highest BCUT2D eigenvalue weighted by molar-refractivity contribution is 6.07. The highest BCUT2D eigenvalue weighted by Gasteiger charge is 2.09. The number of H-pyrrole nitrogens is 1. The molecule has 0 radical (unpaired) electrons. The van der Waals surface area contributed by atoms with Gasteiger partial charge >= 0.3 is 0 Å². The molecule has 2 aromatic carbocycles. The summed E-state index contributed by atoms with van der Waals surface area (Å²) in [5, 5.41) is 5.39.